The van der Waals surface area contributed by atoms with Gasteiger partial charge in [0.15, 0.2) is 0 Å². The third kappa shape index (κ3) is 3.58. The number of aromatic nitrogens is 1. The third-order valence-corrected chi connectivity index (χ3v) is 4.70. The zero-order valence-electron chi connectivity index (χ0n) is 12.6. The first kappa shape index (κ1) is 15.0. The van der Waals surface area contributed by atoms with Crippen LogP contribution in [0.5, 0.6) is 0 Å². The Balaban J connectivity index is 2.09. The molecule has 1 N–H and O–H groups in total. The first-order valence-electron chi connectivity index (χ1n) is 7.00. The van der Waals surface area contributed by atoms with Gasteiger partial charge in [0, 0.05) is 36.6 Å². The quantitative estimate of drug-likeness (QED) is 0.882. The normalized spacial score (nSPS) is 14.0. The van der Waals surface area contributed by atoms with E-state index < -0.39 is 0 Å². The summed E-state index contributed by atoms with van der Waals surface area (Å²) in [5.74, 6) is 1.04. The number of likely N-dealkylation sites (N-methyl/N-ethyl adjacent to an activating group) is 1. The van der Waals surface area contributed by atoms with E-state index in [4.69, 9.17) is 0 Å². The summed E-state index contributed by atoms with van der Waals surface area (Å²) in [5.41, 5.74) is 1.27. The van der Waals surface area contributed by atoms with E-state index in [1.54, 1.807) is 0 Å². The topological polar surface area (TPSA) is 28.2 Å². The smallest absolute Gasteiger partial charge is 0.128 e. The predicted octanol–water partition coefficient (Wildman–Crippen LogP) is 3.49. The minimum Gasteiger partial charge on any atom is -0.357 e. The standard InChI is InChI=1S/C16H23N3S/c1-12(10-15-6-5-9-20-15)19(4)16-11-14(7-8-18-16)13(2)17-3/h5-9,11-13,17H,10H2,1-4H3. The lowest BCUT2D eigenvalue weighted by Gasteiger charge is -2.26. The maximum absolute atomic E-state index is 4.51. The van der Waals surface area contributed by atoms with E-state index in [1.165, 1.54) is 10.4 Å². The Morgan fingerprint density at radius 2 is 2.15 bits per heavy atom. The molecular weight excluding hydrogens is 266 g/mol. The molecule has 3 nitrogen and oxygen atoms in total. The second kappa shape index (κ2) is 6.86. The molecule has 0 aliphatic rings. The van der Waals surface area contributed by atoms with Gasteiger partial charge in [-0.2, -0.15) is 0 Å². The van der Waals surface area contributed by atoms with Gasteiger partial charge in [0.25, 0.3) is 0 Å². The summed E-state index contributed by atoms with van der Waals surface area (Å²) in [6.07, 6.45) is 2.95. The largest absolute Gasteiger partial charge is 0.357 e. The molecule has 2 unspecified atom stereocenters. The Morgan fingerprint density at radius 3 is 2.80 bits per heavy atom. The minimum atomic E-state index is 0.345. The highest BCUT2D eigenvalue weighted by atomic mass is 32.1. The molecule has 0 amide bonds. The van der Waals surface area contributed by atoms with Crippen LogP contribution in [-0.4, -0.2) is 25.1 Å². The lowest BCUT2D eigenvalue weighted by Crippen LogP contribution is -2.31. The molecule has 2 aromatic rings. The molecule has 0 aromatic carbocycles. The molecule has 0 bridgehead atoms. The van der Waals surface area contributed by atoms with Gasteiger partial charge in [0.1, 0.15) is 5.82 Å². The van der Waals surface area contributed by atoms with Gasteiger partial charge in [-0.15, -0.1) is 11.3 Å². The van der Waals surface area contributed by atoms with Gasteiger partial charge in [-0.3, -0.25) is 0 Å². The van der Waals surface area contributed by atoms with E-state index in [0.29, 0.717) is 12.1 Å². The molecule has 0 saturated heterocycles. The van der Waals surface area contributed by atoms with E-state index in [-0.39, 0.29) is 0 Å². The summed E-state index contributed by atoms with van der Waals surface area (Å²) in [4.78, 5) is 8.18. The predicted molar refractivity (Wildman–Crippen MR) is 87.6 cm³/mol. The van der Waals surface area contributed by atoms with Gasteiger partial charge in [-0.1, -0.05) is 6.07 Å². The molecular formula is C16H23N3S. The minimum absolute atomic E-state index is 0.345. The average Bonchev–Trinajstić information content (AvgIpc) is 2.98. The van der Waals surface area contributed by atoms with Gasteiger partial charge < -0.3 is 10.2 Å². The Kier molecular flexibility index (Phi) is 5.15. The molecule has 108 valence electrons. The van der Waals surface area contributed by atoms with Gasteiger partial charge in [0.05, 0.1) is 0 Å². The third-order valence-electron chi connectivity index (χ3n) is 3.80. The van der Waals surface area contributed by atoms with Crippen molar-refractivity contribution in [2.24, 2.45) is 0 Å². The first-order chi connectivity index (χ1) is 9.61. The van der Waals surface area contributed by atoms with Crippen molar-refractivity contribution in [2.45, 2.75) is 32.4 Å². The van der Waals surface area contributed by atoms with Crippen LogP contribution in [0.25, 0.3) is 0 Å². The molecule has 0 spiro atoms. The maximum atomic E-state index is 4.51. The highest BCUT2D eigenvalue weighted by Crippen LogP contribution is 2.21. The molecule has 0 aliphatic carbocycles. The van der Waals surface area contributed by atoms with E-state index >= 15 is 0 Å². The van der Waals surface area contributed by atoms with Crippen molar-refractivity contribution in [1.82, 2.24) is 10.3 Å². The number of thiophene rings is 1. The van der Waals surface area contributed by atoms with Gasteiger partial charge >= 0.3 is 0 Å². The van der Waals surface area contributed by atoms with Crippen LogP contribution in [0.2, 0.25) is 0 Å². The molecule has 20 heavy (non-hydrogen) atoms. The van der Waals surface area contributed by atoms with E-state index in [1.807, 2.05) is 24.6 Å². The van der Waals surface area contributed by atoms with Crippen LogP contribution in [0.4, 0.5) is 5.82 Å². The van der Waals surface area contributed by atoms with Crippen molar-refractivity contribution in [3.05, 3.63) is 46.3 Å². The maximum Gasteiger partial charge on any atom is 0.128 e. The number of nitrogens with zero attached hydrogens (tertiary/aromatic N) is 2. The molecule has 4 heteroatoms. The molecule has 2 heterocycles. The summed E-state index contributed by atoms with van der Waals surface area (Å²) in [6.45, 7) is 4.41. The van der Waals surface area contributed by atoms with Crippen molar-refractivity contribution in [3.63, 3.8) is 0 Å². The fourth-order valence-electron chi connectivity index (χ4n) is 2.15. The van der Waals surface area contributed by atoms with Crippen LogP contribution < -0.4 is 10.2 Å². The summed E-state index contributed by atoms with van der Waals surface area (Å²) in [6, 6.07) is 9.33. The molecule has 0 radical (unpaired) electrons. The van der Waals surface area contributed by atoms with Crippen LogP contribution in [0.1, 0.15) is 30.3 Å². The molecule has 0 saturated carbocycles. The van der Waals surface area contributed by atoms with Crippen LogP contribution in [0.3, 0.4) is 0 Å². The average molecular weight is 289 g/mol. The number of pyridine rings is 1. The SMILES string of the molecule is CNC(C)c1ccnc(N(C)C(C)Cc2cccs2)c1. The van der Waals surface area contributed by atoms with Crippen LogP contribution in [0, 0.1) is 0 Å². The van der Waals surface area contributed by atoms with Crippen molar-refractivity contribution in [3.8, 4) is 0 Å². The summed E-state index contributed by atoms with van der Waals surface area (Å²) in [7, 11) is 4.10. The first-order valence-corrected chi connectivity index (χ1v) is 7.88. The van der Waals surface area contributed by atoms with Gasteiger partial charge in [0.2, 0.25) is 0 Å². The highest BCUT2D eigenvalue weighted by Gasteiger charge is 2.14. The van der Waals surface area contributed by atoms with Crippen molar-refractivity contribution in [1.29, 1.82) is 0 Å². The molecule has 2 aromatic heterocycles. The van der Waals surface area contributed by atoms with Crippen LogP contribution in [-0.2, 0) is 6.42 Å². The molecule has 0 fully saturated rings. The summed E-state index contributed by atoms with van der Waals surface area (Å²) < 4.78 is 0. The summed E-state index contributed by atoms with van der Waals surface area (Å²) >= 11 is 1.82. The monoisotopic (exact) mass is 289 g/mol. The fourth-order valence-corrected chi connectivity index (χ4v) is 2.97. The van der Waals surface area contributed by atoms with Gasteiger partial charge in [-0.25, -0.2) is 4.98 Å². The fraction of sp³-hybridized carbons (Fsp3) is 0.438. The molecule has 0 aliphatic heterocycles. The van der Waals surface area contributed by atoms with Crippen LogP contribution in [0.15, 0.2) is 35.8 Å². The van der Waals surface area contributed by atoms with Crippen molar-refractivity contribution >= 4 is 17.2 Å². The Bertz CT molecular complexity index is 524. The summed E-state index contributed by atoms with van der Waals surface area (Å²) in [5, 5.41) is 5.40. The van der Waals surface area contributed by atoms with E-state index in [0.717, 1.165) is 12.2 Å². The second-order valence-corrected chi connectivity index (χ2v) is 6.23. The van der Waals surface area contributed by atoms with Crippen molar-refractivity contribution in [2.75, 3.05) is 19.0 Å². The highest BCUT2D eigenvalue weighted by molar-refractivity contribution is 7.09. The molecule has 2 rings (SSSR count). The van der Waals surface area contributed by atoms with E-state index in [9.17, 15) is 0 Å². The number of anilines is 1. The van der Waals surface area contributed by atoms with E-state index in [2.05, 4.69) is 65.7 Å². The van der Waals surface area contributed by atoms with Crippen molar-refractivity contribution < 1.29 is 0 Å². The zero-order valence-corrected chi connectivity index (χ0v) is 13.4. The molecule has 2 atom stereocenters. The van der Waals surface area contributed by atoms with Gasteiger partial charge in [-0.05, 0) is 50.0 Å². The van der Waals surface area contributed by atoms with Crippen LogP contribution >= 0.6 is 11.3 Å². The number of rotatable bonds is 6. The zero-order chi connectivity index (χ0) is 14.5. The lowest BCUT2D eigenvalue weighted by atomic mass is 10.1. The Morgan fingerprint density at radius 1 is 1.35 bits per heavy atom. The Labute approximate surface area is 125 Å². The Hall–Kier alpha value is -1.39. The number of nitrogens with one attached hydrogen (secondary N) is 1. The number of hydrogen-bond donors (Lipinski definition) is 1. The lowest BCUT2D eigenvalue weighted by molar-refractivity contribution is 0.646. The second-order valence-electron chi connectivity index (χ2n) is 5.20. The number of hydrogen-bond acceptors (Lipinski definition) is 4.